The van der Waals surface area contributed by atoms with Crippen LogP contribution in [-0.4, -0.2) is 31.5 Å². The van der Waals surface area contributed by atoms with Crippen LogP contribution in [0.1, 0.15) is 73.9 Å². The first-order valence-corrected chi connectivity index (χ1v) is 13.0. The zero-order chi connectivity index (χ0) is 27.9. The molecule has 1 aliphatic rings. The van der Waals surface area contributed by atoms with Crippen molar-refractivity contribution in [3.8, 4) is 12.1 Å². The molecule has 0 bridgehead atoms. The molecule has 0 aliphatic heterocycles. The maximum absolute atomic E-state index is 13.9. The Labute approximate surface area is 230 Å². The van der Waals surface area contributed by atoms with Crippen molar-refractivity contribution < 1.29 is 4.39 Å². The third kappa shape index (κ3) is 5.34. The second kappa shape index (κ2) is 10.1. The molecule has 9 nitrogen and oxygen atoms in total. The summed E-state index contributed by atoms with van der Waals surface area (Å²) in [5.41, 5.74) is 3.98. The van der Waals surface area contributed by atoms with Crippen LogP contribution in [0.3, 0.4) is 0 Å². The molecule has 11 heteroatoms. The number of hydrogen-bond donors (Lipinski definition) is 2. The maximum Gasteiger partial charge on any atom is 0.213 e. The summed E-state index contributed by atoms with van der Waals surface area (Å²) >= 11 is 6.70. The number of nitriles is 2. The monoisotopic (exact) mass is 543 g/mol. The average molecular weight is 544 g/mol. The van der Waals surface area contributed by atoms with Crippen molar-refractivity contribution in [3.05, 3.63) is 69.6 Å². The highest BCUT2D eigenvalue weighted by atomic mass is 35.5. The van der Waals surface area contributed by atoms with Crippen LogP contribution >= 0.6 is 11.6 Å². The van der Waals surface area contributed by atoms with Crippen molar-refractivity contribution in [2.75, 3.05) is 17.2 Å². The van der Waals surface area contributed by atoms with Crippen LogP contribution in [0.2, 0.25) is 5.02 Å². The lowest BCUT2D eigenvalue weighted by molar-refractivity contribution is 0.443. The number of nitrogens with one attached hydrogen (secondary N) is 2. The minimum Gasteiger partial charge on any atom is -0.383 e. The van der Waals surface area contributed by atoms with E-state index in [9.17, 15) is 14.9 Å². The second-order valence-corrected chi connectivity index (χ2v) is 11.3. The summed E-state index contributed by atoms with van der Waals surface area (Å²) in [6.07, 6.45) is 3.38. The van der Waals surface area contributed by atoms with Crippen LogP contribution in [0.4, 0.5) is 15.8 Å². The molecule has 1 atom stereocenters. The van der Waals surface area contributed by atoms with Crippen LogP contribution in [0.25, 0.3) is 10.9 Å². The molecule has 1 fully saturated rings. The number of pyridine rings is 2. The van der Waals surface area contributed by atoms with Crippen molar-refractivity contribution in [1.29, 1.82) is 10.5 Å². The number of hydrogen-bond acceptors (Lipinski definition) is 8. The van der Waals surface area contributed by atoms with Gasteiger partial charge < -0.3 is 10.6 Å². The first-order valence-electron chi connectivity index (χ1n) is 12.6. The number of anilines is 2. The Bertz CT molecular complexity index is 1660. The van der Waals surface area contributed by atoms with E-state index in [-0.39, 0.29) is 11.5 Å². The van der Waals surface area contributed by atoms with Crippen LogP contribution in [0.5, 0.6) is 0 Å². The largest absolute Gasteiger partial charge is 0.383 e. The quantitative estimate of drug-likeness (QED) is 0.269. The number of benzene rings is 1. The minimum absolute atomic E-state index is 0.0404. The lowest BCUT2D eigenvalue weighted by atomic mass is 9.96. The van der Waals surface area contributed by atoms with Crippen LogP contribution < -0.4 is 10.6 Å². The standard InChI is InChI=1S/C28H27ClFN9/c1-15-19(7-8-23(30)35-15)26(27-22(12-32)39(38-37-27)18-5-6-18)36-17-9-20-24(34-14-28(2,3)4)16(11-31)13-33-25(20)21(29)10-17/h7-10,13,18,26,36H,5-6,14H2,1-4H3,(H,33,34)/t26-/m0/s1. The normalized spacial score (nSPS) is 14.1. The van der Waals surface area contributed by atoms with Gasteiger partial charge in [-0.25, -0.2) is 9.67 Å². The fourth-order valence-corrected chi connectivity index (χ4v) is 4.73. The highest BCUT2D eigenvalue weighted by Gasteiger charge is 2.32. The molecule has 0 amide bonds. The summed E-state index contributed by atoms with van der Waals surface area (Å²) in [5.74, 6) is -0.601. The van der Waals surface area contributed by atoms with E-state index < -0.39 is 12.0 Å². The first kappa shape index (κ1) is 26.3. The van der Waals surface area contributed by atoms with Gasteiger partial charge in [-0.3, -0.25) is 4.98 Å². The van der Waals surface area contributed by atoms with E-state index in [1.807, 2.05) is 6.07 Å². The van der Waals surface area contributed by atoms with Crippen molar-refractivity contribution in [3.63, 3.8) is 0 Å². The average Bonchev–Trinajstić information content (AvgIpc) is 3.64. The van der Waals surface area contributed by atoms with Gasteiger partial charge in [0.1, 0.15) is 23.9 Å². The first-order chi connectivity index (χ1) is 18.6. The van der Waals surface area contributed by atoms with Gasteiger partial charge in [-0.05, 0) is 43.4 Å². The Hall–Kier alpha value is -4.28. The van der Waals surface area contributed by atoms with Gasteiger partial charge in [-0.2, -0.15) is 14.9 Å². The number of halogens is 2. The number of fused-ring (bicyclic) bond motifs is 1. The van der Waals surface area contributed by atoms with E-state index in [1.165, 1.54) is 12.3 Å². The molecule has 2 N–H and O–H groups in total. The van der Waals surface area contributed by atoms with Gasteiger partial charge >= 0.3 is 0 Å². The van der Waals surface area contributed by atoms with Gasteiger partial charge in [0, 0.05) is 35.1 Å². The van der Waals surface area contributed by atoms with Gasteiger partial charge in [0.15, 0.2) is 5.69 Å². The number of rotatable bonds is 7. The second-order valence-electron chi connectivity index (χ2n) is 10.9. The Kier molecular flexibility index (Phi) is 6.83. The van der Waals surface area contributed by atoms with E-state index in [4.69, 9.17) is 11.6 Å². The fourth-order valence-electron chi connectivity index (χ4n) is 4.46. The summed E-state index contributed by atoms with van der Waals surface area (Å²) in [6, 6.07) is 10.4. The molecule has 0 radical (unpaired) electrons. The van der Waals surface area contributed by atoms with Crippen molar-refractivity contribution in [2.45, 2.75) is 52.6 Å². The lowest BCUT2D eigenvalue weighted by Crippen LogP contribution is -2.20. The summed E-state index contributed by atoms with van der Waals surface area (Å²) in [4.78, 5) is 8.43. The third-order valence-corrected chi connectivity index (χ3v) is 6.84. The molecular weight excluding hydrogens is 517 g/mol. The van der Waals surface area contributed by atoms with Crippen molar-refractivity contribution >= 4 is 33.9 Å². The fraction of sp³-hybridized carbons (Fsp3) is 0.357. The summed E-state index contributed by atoms with van der Waals surface area (Å²) < 4.78 is 15.6. The molecule has 1 aromatic carbocycles. The maximum atomic E-state index is 13.9. The molecule has 39 heavy (non-hydrogen) atoms. The summed E-state index contributed by atoms with van der Waals surface area (Å²) in [6.45, 7) is 8.62. The van der Waals surface area contributed by atoms with Crippen LogP contribution in [0, 0.1) is 40.9 Å². The zero-order valence-corrected chi connectivity index (χ0v) is 22.8. The van der Waals surface area contributed by atoms with Crippen LogP contribution in [-0.2, 0) is 0 Å². The third-order valence-electron chi connectivity index (χ3n) is 6.55. The predicted octanol–water partition coefficient (Wildman–Crippen LogP) is 6.06. The van der Waals surface area contributed by atoms with E-state index in [0.717, 1.165) is 12.8 Å². The van der Waals surface area contributed by atoms with E-state index in [2.05, 4.69) is 63.8 Å². The molecular formula is C28H27ClFN9. The van der Waals surface area contributed by atoms with Gasteiger partial charge in [0.2, 0.25) is 5.95 Å². The van der Waals surface area contributed by atoms with Crippen molar-refractivity contribution in [1.82, 2.24) is 25.0 Å². The lowest BCUT2D eigenvalue weighted by Gasteiger charge is -2.23. The highest BCUT2D eigenvalue weighted by molar-refractivity contribution is 6.35. The SMILES string of the molecule is Cc1nc(F)ccc1[C@H](Nc1cc(Cl)c2ncc(C#N)c(NCC(C)(C)C)c2c1)c1nnn(C2CC2)c1C#N. The highest BCUT2D eigenvalue weighted by Crippen LogP contribution is 2.39. The number of nitrogens with zero attached hydrogens (tertiary/aromatic N) is 7. The number of aryl methyl sites for hydroxylation is 1. The molecule has 1 aliphatic carbocycles. The topological polar surface area (TPSA) is 128 Å². The molecule has 3 aromatic heterocycles. The Morgan fingerprint density at radius 2 is 1.97 bits per heavy atom. The van der Waals surface area contributed by atoms with Gasteiger partial charge in [-0.15, -0.1) is 5.10 Å². The summed E-state index contributed by atoms with van der Waals surface area (Å²) in [5, 5.41) is 36.3. The molecule has 1 saturated carbocycles. The van der Waals surface area contributed by atoms with Crippen LogP contribution in [0.15, 0.2) is 30.5 Å². The molecule has 0 spiro atoms. The molecule has 0 saturated heterocycles. The molecule has 3 heterocycles. The number of aromatic nitrogens is 5. The molecule has 198 valence electrons. The predicted molar refractivity (Wildman–Crippen MR) is 147 cm³/mol. The van der Waals surface area contributed by atoms with E-state index in [0.29, 0.717) is 62.1 Å². The molecule has 5 rings (SSSR count). The minimum atomic E-state index is -0.674. The Morgan fingerprint density at radius 3 is 2.62 bits per heavy atom. The van der Waals surface area contributed by atoms with E-state index >= 15 is 0 Å². The Morgan fingerprint density at radius 1 is 1.21 bits per heavy atom. The Balaban J connectivity index is 1.65. The zero-order valence-electron chi connectivity index (χ0n) is 22.0. The van der Waals surface area contributed by atoms with Gasteiger partial charge in [0.25, 0.3) is 0 Å². The summed E-state index contributed by atoms with van der Waals surface area (Å²) in [7, 11) is 0. The van der Waals surface area contributed by atoms with Gasteiger partial charge in [-0.1, -0.05) is 43.7 Å². The molecule has 0 unspecified atom stereocenters. The smallest absolute Gasteiger partial charge is 0.213 e. The van der Waals surface area contributed by atoms with Crippen molar-refractivity contribution in [2.24, 2.45) is 5.41 Å². The van der Waals surface area contributed by atoms with E-state index in [1.54, 1.807) is 23.7 Å². The van der Waals surface area contributed by atoms with Gasteiger partial charge in [0.05, 0.1) is 27.8 Å². The molecule has 4 aromatic rings.